The molecule has 6 heteroatoms. The molecule has 0 spiro atoms. The van der Waals surface area contributed by atoms with Gasteiger partial charge < -0.3 is 24.3 Å². The molecule has 1 unspecified atom stereocenters. The van der Waals surface area contributed by atoms with Crippen molar-refractivity contribution in [1.82, 2.24) is 5.32 Å². The Balaban J connectivity index is 1.50. The van der Waals surface area contributed by atoms with Crippen LogP contribution in [0.2, 0.25) is 0 Å². The second kappa shape index (κ2) is 8.43. The van der Waals surface area contributed by atoms with Gasteiger partial charge in [-0.2, -0.15) is 0 Å². The molecule has 1 aliphatic carbocycles. The first-order chi connectivity index (χ1) is 12.2. The molecule has 2 aliphatic rings. The topological polar surface area (TPSA) is 66.0 Å². The molecule has 3 rings (SSSR count). The van der Waals surface area contributed by atoms with Crippen LogP contribution >= 0.6 is 0 Å². The standard InChI is InChI=1S/C19H27NO5/c1-22-15-5-3-6-16(18(15)23-2)25-14-10-8-13(9-11-14)20-19(21)17-7-4-12-24-17/h3,5-6,13-14,17H,4,7-12H2,1-2H3,(H,20,21). The monoisotopic (exact) mass is 349 g/mol. The quantitative estimate of drug-likeness (QED) is 0.855. The van der Waals surface area contributed by atoms with Crippen molar-refractivity contribution in [2.24, 2.45) is 0 Å². The zero-order valence-electron chi connectivity index (χ0n) is 15.0. The van der Waals surface area contributed by atoms with Crippen molar-refractivity contribution in [2.45, 2.75) is 56.8 Å². The average molecular weight is 349 g/mol. The second-order valence-electron chi connectivity index (χ2n) is 6.59. The normalized spacial score (nSPS) is 26.1. The molecule has 1 aliphatic heterocycles. The van der Waals surface area contributed by atoms with E-state index in [0.717, 1.165) is 38.5 Å². The maximum absolute atomic E-state index is 12.1. The van der Waals surface area contributed by atoms with Crippen molar-refractivity contribution in [2.75, 3.05) is 20.8 Å². The molecule has 0 aromatic heterocycles. The number of para-hydroxylation sites is 1. The summed E-state index contributed by atoms with van der Waals surface area (Å²) < 4.78 is 22.3. The molecule has 138 valence electrons. The third-order valence-electron chi connectivity index (χ3n) is 4.90. The van der Waals surface area contributed by atoms with Gasteiger partial charge in [-0.1, -0.05) is 6.07 Å². The van der Waals surface area contributed by atoms with Crippen LogP contribution < -0.4 is 19.5 Å². The molecule has 1 aromatic rings. The average Bonchev–Trinajstić information content (AvgIpc) is 3.18. The first-order valence-corrected chi connectivity index (χ1v) is 9.01. The van der Waals surface area contributed by atoms with Crippen LogP contribution in [0.4, 0.5) is 0 Å². The lowest BCUT2D eigenvalue weighted by Crippen LogP contribution is -2.44. The number of rotatable bonds is 6. The number of nitrogens with one attached hydrogen (secondary N) is 1. The summed E-state index contributed by atoms with van der Waals surface area (Å²) in [5, 5.41) is 3.12. The lowest BCUT2D eigenvalue weighted by Gasteiger charge is -2.30. The molecule has 0 radical (unpaired) electrons. The molecule has 1 aromatic carbocycles. The van der Waals surface area contributed by atoms with Crippen LogP contribution in [0.5, 0.6) is 17.2 Å². The molecule has 2 fully saturated rings. The van der Waals surface area contributed by atoms with Crippen LogP contribution in [0.1, 0.15) is 38.5 Å². The summed E-state index contributed by atoms with van der Waals surface area (Å²) >= 11 is 0. The SMILES string of the molecule is COc1cccc(OC2CCC(NC(=O)C3CCCO3)CC2)c1OC. The Kier molecular flexibility index (Phi) is 6.02. The Morgan fingerprint density at radius 3 is 2.48 bits per heavy atom. The number of carbonyl (C=O) groups excluding carboxylic acids is 1. The van der Waals surface area contributed by atoms with E-state index in [1.807, 2.05) is 18.2 Å². The van der Waals surface area contributed by atoms with Crippen molar-refractivity contribution in [1.29, 1.82) is 0 Å². The maximum Gasteiger partial charge on any atom is 0.249 e. The van der Waals surface area contributed by atoms with E-state index in [2.05, 4.69) is 5.32 Å². The number of hydrogen-bond acceptors (Lipinski definition) is 5. The first kappa shape index (κ1) is 17.9. The number of methoxy groups -OCH3 is 2. The number of amides is 1. The lowest BCUT2D eigenvalue weighted by atomic mass is 9.92. The van der Waals surface area contributed by atoms with Crippen LogP contribution in [0.25, 0.3) is 0 Å². The molecule has 0 bridgehead atoms. The number of carbonyl (C=O) groups is 1. The molecule has 1 amide bonds. The van der Waals surface area contributed by atoms with Gasteiger partial charge in [0, 0.05) is 12.6 Å². The zero-order chi connectivity index (χ0) is 17.6. The van der Waals surface area contributed by atoms with Gasteiger partial charge in [0.05, 0.1) is 20.3 Å². The fourth-order valence-electron chi connectivity index (χ4n) is 3.53. The maximum atomic E-state index is 12.1. The molecule has 1 saturated carbocycles. The molecule has 25 heavy (non-hydrogen) atoms. The highest BCUT2D eigenvalue weighted by atomic mass is 16.5. The van der Waals surface area contributed by atoms with Gasteiger partial charge in [0.1, 0.15) is 6.10 Å². The van der Waals surface area contributed by atoms with Gasteiger partial charge in [0.15, 0.2) is 11.5 Å². The Bertz CT molecular complexity index is 577. The van der Waals surface area contributed by atoms with Crippen LogP contribution in [0, 0.1) is 0 Å². The van der Waals surface area contributed by atoms with Gasteiger partial charge in [-0.25, -0.2) is 0 Å². The summed E-state index contributed by atoms with van der Waals surface area (Å²) in [6, 6.07) is 5.85. The Morgan fingerprint density at radius 1 is 1.08 bits per heavy atom. The van der Waals surface area contributed by atoms with E-state index in [-0.39, 0.29) is 24.2 Å². The van der Waals surface area contributed by atoms with Crippen molar-refractivity contribution in [3.63, 3.8) is 0 Å². The minimum atomic E-state index is -0.255. The van der Waals surface area contributed by atoms with E-state index in [1.54, 1.807) is 14.2 Å². The predicted octanol–water partition coefficient (Wildman–Crippen LogP) is 2.69. The fraction of sp³-hybridized carbons (Fsp3) is 0.632. The van der Waals surface area contributed by atoms with Gasteiger partial charge >= 0.3 is 0 Å². The van der Waals surface area contributed by atoms with E-state index < -0.39 is 0 Å². The van der Waals surface area contributed by atoms with Crippen LogP contribution in [0.3, 0.4) is 0 Å². The minimum absolute atomic E-state index is 0.0383. The van der Waals surface area contributed by atoms with E-state index in [4.69, 9.17) is 18.9 Å². The van der Waals surface area contributed by atoms with E-state index in [0.29, 0.717) is 23.9 Å². The molecule has 1 heterocycles. The summed E-state index contributed by atoms with van der Waals surface area (Å²) in [5.41, 5.74) is 0. The smallest absolute Gasteiger partial charge is 0.249 e. The first-order valence-electron chi connectivity index (χ1n) is 9.01. The van der Waals surface area contributed by atoms with Crippen LogP contribution in [0.15, 0.2) is 18.2 Å². The highest BCUT2D eigenvalue weighted by molar-refractivity contribution is 5.81. The van der Waals surface area contributed by atoms with Gasteiger partial charge in [-0.15, -0.1) is 0 Å². The highest BCUT2D eigenvalue weighted by Gasteiger charge is 2.29. The van der Waals surface area contributed by atoms with E-state index >= 15 is 0 Å². The van der Waals surface area contributed by atoms with Crippen molar-refractivity contribution in [3.05, 3.63) is 18.2 Å². The Hall–Kier alpha value is -1.95. The molecule has 1 atom stereocenters. The Morgan fingerprint density at radius 2 is 1.84 bits per heavy atom. The van der Waals surface area contributed by atoms with Gasteiger partial charge in [0.25, 0.3) is 0 Å². The second-order valence-corrected chi connectivity index (χ2v) is 6.59. The highest BCUT2D eigenvalue weighted by Crippen LogP contribution is 2.38. The molecule has 1 saturated heterocycles. The van der Waals surface area contributed by atoms with Gasteiger partial charge in [-0.05, 0) is 50.7 Å². The van der Waals surface area contributed by atoms with Crippen LogP contribution in [-0.2, 0) is 9.53 Å². The van der Waals surface area contributed by atoms with E-state index in [9.17, 15) is 4.79 Å². The fourth-order valence-corrected chi connectivity index (χ4v) is 3.53. The zero-order valence-corrected chi connectivity index (χ0v) is 15.0. The number of hydrogen-bond donors (Lipinski definition) is 1. The molecular weight excluding hydrogens is 322 g/mol. The van der Waals surface area contributed by atoms with Crippen molar-refractivity contribution < 1.29 is 23.7 Å². The predicted molar refractivity (Wildman–Crippen MR) is 93.3 cm³/mol. The number of benzene rings is 1. The summed E-state index contributed by atoms with van der Waals surface area (Å²) in [4.78, 5) is 12.1. The lowest BCUT2D eigenvalue weighted by molar-refractivity contribution is -0.131. The van der Waals surface area contributed by atoms with Gasteiger partial charge in [0.2, 0.25) is 11.7 Å². The molecular formula is C19H27NO5. The summed E-state index contributed by atoms with van der Waals surface area (Å²) in [7, 11) is 3.23. The third-order valence-corrected chi connectivity index (χ3v) is 4.90. The largest absolute Gasteiger partial charge is 0.493 e. The Labute approximate surface area is 148 Å². The molecule has 6 nitrogen and oxygen atoms in total. The summed E-state index contributed by atoms with van der Waals surface area (Å²) in [6.45, 7) is 0.695. The van der Waals surface area contributed by atoms with Crippen molar-refractivity contribution in [3.8, 4) is 17.2 Å². The summed E-state index contributed by atoms with van der Waals surface area (Å²) in [5.74, 6) is 2.03. The number of ether oxygens (including phenoxy) is 4. The van der Waals surface area contributed by atoms with Gasteiger partial charge in [-0.3, -0.25) is 4.79 Å². The summed E-state index contributed by atoms with van der Waals surface area (Å²) in [6.07, 6.45) is 5.30. The third kappa shape index (κ3) is 4.37. The van der Waals surface area contributed by atoms with Crippen LogP contribution in [-0.4, -0.2) is 45.0 Å². The van der Waals surface area contributed by atoms with Crippen molar-refractivity contribution >= 4 is 5.91 Å². The van der Waals surface area contributed by atoms with E-state index in [1.165, 1.54) is 0 Å². The minimum Gasteiger partial charge on any atom is -0.493 e. The molecule has 1 N–H and O–H groups in total.